The van der Waals surface area contributed by atoms with E-state index in [1.165, 1.54) is 5.56 Å². The molecule has 3 heteroatoms. The van der Waals surface area contributed by atoms with Gasteiger partial charge < -0.3 is 5.32 Å². The zero-order valence-electron chi connectivity index (χ0n) is 9.62. The minimum Gasteiger partial charge on any atom is -0.317 e. The Hall–Kier alpha value is -1.48. The molecule has 1 aromatic heterocycles. The second-order valence-corrected chi connectivity index (χ2v) is 4.58. The van der Waals surface area contributed by atoms with E-state index in [0.29, 0.717) is 11.3 Å². The molecule has 1 aliphatic heterocycles. The molecule has 2 aromatic rings. The Kier molecular flexibility index (Phi) is 2.77. The Morgan fingerprint density at radius 1 is 1.12 bits per heavy atom. The zero-order valence-corrected chi connectivity index (χ0v) is 9.62. The fraction of sp³-hybridized carbons (Fsp3) is 0.357. The number of pyridine rings is 1. The summed E-state index contributed by atoms with van der Waals surface area (Å²) in [6.45, 7) is 2.10. The number of nitrogens with zero attached hydrogens (tertiary/aromatic N) is 1. The lowest BCUT2D eigenvalue weighted by Gasteiger charge is -2.24. The summed E-state index contributed by atoms with van der Waals surface area (Å²) in [5.74, 6) is 0.368. The van der Waals surface area contributed by atoms with Crippen molar-refractivity contribution < 1.29 is 4.39 Å². The van der Waals surface area contributed by atoms with Crippen molar-refractivity contribution in [3.05, 3.63) is 42.0 Å². The molecular formula is C14H15FN2. The van der Waals surface area contributed by atoms with Crippen molar-refractivity contribution in [1.29, 1.82) is 0 Å². The van der Waals surface area contributed by atoms with E-state index in [0.717, 1.165) is 31.3 Å². The highest BCUT2D eigenvalue weighted by atomic mass is 19.1. The first-order valence-electron chi connectivity index (χ1n) is 6.09. The molecule has 0 radical (unpaired) electrons. The fourth-order valence-electron chi connectivity index (χ4n) is 2.67. The van der Waals surface area contributed by atoms with Crippen LogP contribution in [0.4, 0.5) is 4.39 Å². The van der Waals surface area contributed by atoms with E-state index in [4.69, 9.17) is 0 Å². The first kappa shape index (κ1) is 10.7. The third kappa shape index (κ3) is 1.91. The van der Waals surface area contributed by atoms with Gasteiger partial charge >= 0.3 is 0 Å². The number of aromatic nitrogens is 1. The Balaban J connectivity index is 2.12. The molecule has 1 N–H and O–H groups in total. The molecule has 0 unspecified atom stereocenters. The molecule has 0 amide bonds. The van der Waals surface area contributed by atoms with Crippen LogP contribution in [0.2, 0.25) is 0 Å². The number of fused-ring (bicyclic) bond motifs is 1. The number of hydrogen-bond acceptors (Lipinski definition) is 2. The van der Waals surface area contributed by atoms with E-state index in [2.05, 4.69) is 10.3 Å². The maximum atomic E-state index is 13.7. The van der Waals surface area contributed by atoms with Gasteiger partial charge in [-0.25, -0.2) is 4.39 Å². The summed E-state index contributed by atoms with van der Waals surface area (Å²) >= 11 is 0. The highest BCUT2D eigenvalue weighted by Crippen LogP contribution is 2.31. The van der Waals surface area contributed by atoms with Crippen LogP contribution in [0.25, 0.3) is 10.8 Å². The molecule has 1 fully saturated rings. The Morgan fingerprint density at radius 3 is 2.76 bits per heavy atom. The van der Waals surface area contributed by atoms with Crippen molar-refractivity contribution in [3.63, 3.8) is 0 Å². The minimum absolute atomic E-state index is 0.175. The van der Waals surface area contributed by atoms with Gasteiger partial charge in [0.25, 0.3) is 0 Å². The summed E-state index contributed by atoms with van der Waals surface area (Å²) in [7, 11) is 0. The zero-order chi connectivity index (χ0) is 11.7. The van der Waals surface area contributed by atoms with Crippen LogP contribution < -0.4 is 5.32 Å². The van der Waals surface area contributed by atoms with Gasteiger partial charge in [-0.1, -0.05) is 6.07 Å². The Bertz CT molecular complexity index is 533. The number of rotatable bonds is 1. The predicted molar refractivity (Wildman–Crippen MR) is 66.5 cm³/mol. The van der Waals surface area contributed by atoms with Crippen LogP contribution in [-0.4, -0.2) is 18.1 Å². The van der Waals surface area contributed by atoms with E-state index >= 15 is 0 Å². The van der Waals surface area contributed by atoms with Crippen LogP contribution in [0, 0.1) is 5.82 Å². The lowest BCUT2D eigenvalue weighted by atomic mass is 9.87. The lowest BCUT2D eigenvalue weighted by molar-refractivity contribution is 0.462. The molecule has 0 bridgehead atoms. The standard InChI is InChI=1S/C14H15FN2/c15-14-2-1-11(10-3-6-16-7-4-10)12-5-8-17-9-13(12)14/h1-2,5,8-10,16H,3-4,6-7H2. The third-order valence-corrected chi connectivity index (χ3v) is 3.58. The summed E-state index contributed by atoms with van der Waals surface area (Å²) < 4.78 is 13.7. The van der Waals surface area contributed by atoms with Gasteiger partial charge in [0.1, 0.15) is 5.82 Å². The van der Waals surface area contributed by atoms with Crippen LogP contribution in [-0.2, 0) is 0 Å². The average Bonchev–Trinajstić information content (AvgIpc) is 2.41. The predicted octanol–water partition coefficient (Wildman–Crippen LogP) is 2.84. The van der Waals surface area contributed by atoms with Gasteiger partial charge in [-0.05, 0) is 54.9 Å². The molecule has 0 atom stereocenters. The molecule has 3 rings (SSSR count). The smallest absolute Gasteiger partial charge is 0.132 e. The van der Waals surface area contributed by atoms with E-state index in [1.807, 2.05) is 12.1 Å². The maximum absolute atomic E-state index is 13.7. The molecule has 17 heavy (non-hydrogen) atoms. The molecule has 2 heterocycles. The Morgan fingerprint density at radius 2 is 1.94 bits per heavy atom. The monoisotopic (exact) mass is 230 g/mol. The molecule has 2 nitrogen and oxygen atoms in total. The van der Waals surface area contributed by atoms with Crippen molar-refractivity contribution in [2.24, 2.45) is 0 Å². The highest BCUT2D eigenvalue weighted by molar-refractivity contribution is 5.85. The van der Waals surface area contributed by atoms with Crippen molar-refractivity contribution in [2.45, 2.75) is 18.8 Å². The van der Waals surface area contributed by atoms with Gasteiger partial charge in [0.15, 0.2) is 0 Å². The summed E-state index contributed by atoms with van der Waals surface area (Å²) in [6.07, 6.45) is 5.62. The second-order valence-electron chi connectivity index (χ2n) is 4.58. The molecule has 88 valence electrons. The number of piperidine rings is 1. The first-order chi connectivity index (χ1) is 8.36. The van der Waals surface area contributed by atoms with Crippen LogP contribution in [0.5, 0.6) is 0 Å². The molecule has 1 aromatic carbocycles. The van der Waals surface area contributed by atoms with Gasteiger partial charge in [0, 0.05) is 17.8 Å². The number of halogens is 1. The number of benzene rings is 1. The molecular weight excluding hydrogens is 215 g/mol. The van der Waals surface area contributed by atoms with Crippen molar-refractivity contribution in [2.75, 3.05) is 13.1 Å². The second kappa shape index (κ2) is 4.41. The number of nitrogens with one attached hydrogen (secondary N) is 1. The largest absolute Gasteiger partial charge is 0.317 e. The minimum atomic E-state index is -0.175. The van der Waals surface area contributed by atoms with Gasteiger partial charge in [-0.2, -0.15) is 0 Å². The van der Waals surface area contributed by atoms with E-state index in [-0.39, 0.29) is 5.82 Å². The van der Waals surface area contributed by atoms with Crippen LogP contribution in [0.1, 0.15) is 24.3 Å². The maximum Gasteiger partial charge on any atom is 0.132 e. The van der Waals surface area contributed by atoms with Crippen molar-refractivity contribution in [3.8, 4) is 0 Å². The van der Waals surface area contributed by atoms with Gasteiger partial charge in [-0.15, -0.1) is 0 Å². The average molecular weight is 230 g/mol. The van der Waals surface area contributed by atoms with E-state index < -0.39 is 0 Å². The van der Waals surface area contributed by atoms with E-state index in [9.17, 15) is 4.39 Å². The highest BCUT2D eigenvalue weighted by Gasteiger charge is 2.18. The summed E-state index contributed by atoms with van der Waals surface area (Å²) in [4.78, 5) is 4.01. The quantitative estimate of drug-likeness (QED) is 0.814. The van der Waals surface area contributed by atoms with Crippen LogP contribution >= 0.6 is 0 Å². The molecule has 0 aliphatic carbocycles. The first-order valence-corrected chi connectivity index (χ1v) is 6.09. The third-order valence-electron chi connectivity index (χ3n) is 3.58. The van der Waals surface area contributed by atoms with Gasteiger partial charge in [0.2, 0.25) is 0 Å². The van der Waals surface area contributed by atoms with Crippen molar-refractivity contribution >= 4 is 10.8 Å². The lowest BCUT2D eigenvalue weighted by Crippen LogP contribution is -2.26. The summed E-state index contributed by atoms with van der Waals surface area (Å²) in [6, 6.07) is 5.44. The van der Waals surface area contributed by atoms with Crippen molar-refractivity contribution in [1.82, 2.24) is 10.3 Å². The normalized spacial score (nSPS) is 17.5. The summed E-state index contributed by atoms with van der Waals surface area (Å²) in [5.41, 5.74) is 1.27. The SMILES string of the molecule is Fc1ccc(C2CCNCC2)c2ccncc12. The molecule has 1 aliphatic rings. The Labute approximate surface area is 99.9 Å². The fourth-order valence-corrected chi connectivity index (χ4v) is 2.67. The van der Waals surface area contributed by atoms with Crippen LogP contribution in [0.15, 0.2) is 30.6 Å². The van der Waals surface area contributed by atoms with Gasteiger partial charge in [0.05, 0.1) is 0 Å². The molecule has 0 spiro atoms. The van der Waals surface area contributed by atoms with E-state index in [1.54, 1.807) is 18.5 Å². The number of hydrogen-bond donors (Lipinski definition) is 1. The summed E-state index contributed by atoms with van der Waals surface area (Å²) in [5, 5.41) is 5.02. The van der Waals surface area contributed by atoms with Gasteiger partial charge in [-0.3, -0.25) is 4.98 Å². The molecule has 1 saturated heterocycles. The topological polar surface area (TPSA) is 24.9 Å². The molecule has 0 saturated carbocycles. The van der Waals surface area contributed by atoms with Crippen LogP contribution in [0.3, 0.4) is 0 Å².